The van der Waals surface area contributed by atoms with Crippen LogP contribution in [-0.2, 0) is 9.84 Å². The lowest BCUT2D eigenvalue weighted by Gasteiger charge is -2.32. The second-order valence-electron chi connectivity index (χ2n) is 5.87. The molecule has 23 heavy (non-hydrogen) atoms. The van der Waals surface area contributed by atoms with Gasteiger partial charge in [0, 0.05) is 45.2 Å². The molecular formula is C15H24N4O3S. The standard InChI is InChI=1S/C15H24N4O3S/c1-16-15(20)13-4-3-7-17-14(13)18-12-5-8-19(9-6-12)10-11-23(2,21)22/h3-4,7,12H,5-6,8-11H2,1-2H3,(H,16,20)(H,17,18). The Morgan fingerprint density at radius 1 is 1.39 bits per heavy atom. The number of hydrogen-bond donors (Lipinski definition) is 2. The van der Waals surface area contributed by atoms with E-state index in [0.29, 0.717) is 17.9 Å². The molecule has 1 aliphatic rings. The van der Waals surface area contributed by atoms with Gasteiger partial charge in [0.05, 0.1) is 11.3 Å². The first kappa shape index (κ1) is 17.7. The number of likely N-dealkylation sites (tertiary alicyclic amines) is 1. The molecule has 2 heterocycles. The third kappa shape index (κ3) is 5.47. The Hall–Kier alpha value is -1.67. The molecule has 1 aromatic heterocycles. The molecule has 0 unspecified atom stereocenters. The lowest BCUT2D eigenvalue weighted by molar-refractivity contribution is 0.0963. The van der Waals surface area contributed by atoms with Gasteiger partial charge in [0.15, 0.2) is 0 Å². The highest BCUT2D eigenvalue weighted by Crippen LogP contribution is 2.18. The van der Waals surface area contributed by atoms with Crippen LogP contribution in [-0.4, -0.2) is 68.9 Å². The first-order valence-electron chi connectivity index (χ1n) is 7.73. The summed E-state index contributed by atoms with van der Waals surface area (Å²) < 4.78 is 22.4. The van der Waals surface area contributed by atoms with Crippen LogP contribution >= 0.6 is 0 Å². The number of aromatic nitrogens is 1. The summed E-state index contributed by atoms with van der Waals surface area (Å²) in [6.45, 7) is 2.27. The number of nitrogens with one attached hydrogen (secondary N) is 2. The molecule has 0 aromatic carbocycles. The molecule has 0 saturated carbocycles. The van der Waals surface area contributed by atoms with Gasteiger partial charge in [-0.25, -0.2) is 13.4 Å². The minimum atomic E-state index is -2.92. The van der Waals surface area contributed by atoms with Crippen molar-refractivity contribution in [3.8, 4) is 0 Å². The molecule has 1 amide bonds. The summed E-state index contributed by atoms with van der Waals surface area (Å²) in [5.74, 6) is 0.638. The van der Waals surface area contributed by atoms with E-state index in [1.807, 2.05) is 0 Å². The van der Waals surface area contributed by atoms with Crippen LogP contribution < -0.4 is 10.6 Å². The van der Waals surface area contributed by atoms with Crippen molar-refractivity contribution >= 4 is 21.6 Å². The van der Waals surface area contributed by atoms with E-state index in [1.165, 1.54) is 6.26 Å². The fourth-order valence-electron chi connectivity index (χ4n) is 2.63. The zero-order valence-corrected chi connectivity index (χ0v) is 14.4. The van der Waals surface area contributed by atoms with Gasteiger partial charge < -0.3 is 15.5 Å². The van der Waals surface area contributed by atoms with Gasteiger partial charge in [-0.1, -0.05) is 0 Å². The number of rotatable bonds is 6. The van der Waals surface area contributed by atoms with Crippen LogP contribution in [0, 0.1) is 0 Å². The summed E-state index contributed by atoms with van der Waals surface area (Å²) in [5.41, 5.74) is 0.537. The number of pyridine rings is 1. The van der Waals surface area contributed by atoms with Crippen molar-refractivity contribution in [1.82, 2.24) is 15.2 Å². The van der Waals surface area contributed by atoms with E-state index in [-0.39, 0.29) is 17.7 Å². The molecule has 1 fully saturated rings. The molecule has 1 aliphatic heterocycles. The lowest BCUT2D eigenvalue weighted by atomic mass is 10.0. The fraction of sp³-hybridized carbons (Fsp3) is 0.600. The van der Waals surface area contributed by atoms with E-state index >= 15 is 0 Å². The number of carbonyl (C=O) groups excluding carboxylic acids is 1. The van der Waals surface area contributed by atoms with Gasteiger partial charge in [-0.05, 0) is 25.0 Å². The average molecular weight is 340 g/mol. The van der Waals surface area contributed by atoms with Crippen molar-refractivity contribution in [2.45, 2.75) is 18.9 Å². The zero-order chi connectivity index (χ0) is 16.9. The number of hydrogen-bond acceptors (Lipinski definition) is 6. The normalized spacial score (nSPS) is 17.0. The molecule has 0 aliphatic carbocycles. The minimum absolute atomic E-state index is 0.161. The minimum Gasteiger partial charge on any atom is -0.367 e. The van der Waals surface area contributed by atoms with Crippen LogP contribution in [0.25, 0.3) is 0 Å². The first-order chi connectivity index (χ1) is 10.9. The van der Waals surface area contributed by atoms with Gasteiger partial charge in [0.1, 0.15) is 15.7 Å². The predicted molar refractivity (Wildman–Crippen MR) is 90.4 cm³/mol. The fourth-order valence-corrected chi connectivity index (χ4v) is 3.22. The van der Waals surface area contributed by atoms with Gasteiger partial charge in [-0.15, -0.1) is 0 Å². The molecule has 2 rings (SSSR count). The van der Waals surface area contributed by atoms with Crippen molar-refractivity contribution in [3.63, 3.8) is 0 Å². The molecule has 0 atom stereocenters. The maximum atomic E-state index is 11.9. The monoisotopic (exact) mass is 340 g/mol. The number of anilines is 1. The van der Waals surface area contributed by atoms with E-state index in [0.717, 1.165) is 25.9 Å². The molecule has 0 bridgehead atoms. The molecule has 1 aromatic rings. The SMILES string of the molecule is CNC(=O)c1cccnc1NC1CCN(CCS(C)(=O)=O)CC1. The number of amides is 1. The number of piperidine rings is 1. The molecule has 2 N–H and O–H groups in total. The van der Waals surface area contributed by atoms with E-state index in [1.54, 1.807) is 25.4 Å². The van der Waals surface area contributed by atoms with Gasteiger partial charge in [0.2, 0.25) is 0 Å². The Labute approximate surface area is 137 Å². The lowest BCUT2D eigenvalue weighted by Crippen LogP contribution is -2.41. The number of nitrogens with zero attached hydrogens (tertiary/aromatic N) is 2. The molecule has 8 heteroatoms. The quantitative estimate of drug-likeness (QED) is 0.777. The molecular weight excluding hydrogens is 316 g/mol. The van der Waals surface area contributed by atoms with Crippen LogP contribution in [0.2, 0.25) is 0 Å². The highest BCUT2D eigenvalue weighted by Gasteiger charge is 2.21. The van der Waals surface area contributed by atoms with Crippen LogP contribution in [0.15, 0.2) is 18.3 Å². The Morgan fingerprint density at radius 3 is 2.70 bits per heavy atom. The van der Waals surface area contributed by atoms with E-state index < -0.39 is 9.84 Å². The van der Waals surface area contributed by atoms with E-state index in [2.05, 4.69) is 20.5 Å². The van der Waals surface area contributed by atoms with Crippen molar-refractivity contribution in [2.24, 2.45) is 0 Å². The molecule has 0 spiro atoms. The maximum Gasteiger partial charge on any atom is 0.254 e. The molecule has 7 nitrogen and oxygen atoms in total. The predicted octanol–water partition coefficient (Wildman–Crippen LogP) is 0.362. The highest BCUT2D eigenvalue weighted by molar-refractivity contribution is 7.90. The van der Waals surface area contributed by atoms with Crippen molar-refractivity contribution in [2.75, 3.05) is 44.0 Å². The third-order valence-corrected chi connectivity index (χ3v) is 4.91. The highest BCUT2D eigenvalue weighted by atomic mass is 32.2. The van der Waals surface area contributed by atoms with Crippen LogP contribution in [0.1, 0.15) is 23.2 Å². The average Bonchev–Trinajstić information content (AvgIpc) is 2.53. The van der Waals surface area contributed by atoms with E-state index in [4.69, 9.17) is 0 Å². The number of carbonyl (C=O) groups is 1. The van der Waals surface area contributed by atoms with Gasteiger partial charge in [0.25, 0.3) is 5.91 Å². The first-order valence-corrected chi connectivity index (χ1v) is 9.79. The summed E-state index contributed by atoms with van der Waals surface area (Å²) >= 11 is 0. The Balaban J connectivity index is 1.89. The van der Waals surface area contributed by atoms with Crippen molar-refractivity contribution in [1.29, 1.82) is 0 Å². The van der Waals surface area contributed by atoms with Crippen molar-refractivity contribution < 1.29 is 13.2 Å². The Bertz CT molecular complexity index is 640. The van der Waals surface area contributed by atoms with Crippen LogP contribution in [0.5, 0.6) is 0 Å². The van der Waals surface area contributed by atoms with Gasteiger partial charge in [-0.2, -0.15) is 0 Å². The largest absolute Gasteiger partial charge is 0.367 e. The van der Waals surface area contributed by atoms with Crippen LogP contribution in [0.4, 0.5) is 5.82 Å². The van der Waals surface area contributed by atoms with Gasteiger partial charge in [-0.3, -0.25) is 4.79 Å². The molecule has 1 saturated heterocycles. The summed E-state index contributed by atoms with van der Waals surface area (Å²) in [5, 5.41) is 5.95. The second kappa shape index (κ2) is 7.74. The zero-order valence-electron chi connectivity index (χ0n) is 13.6. The molecule has 128 valence electrons. The smallest absolute Gasteiger partial charge is 0.254 e. The van der Waals surface area contributed by atoms with E-state index in [9.17, 15) is 13.2 Å². The summed E-state index contributed by atoms with van der Waals surface area (Å²) in [6.07, 6.45) is 4.72. The van der Waals surface area contributed by atoms with Crippen LogP contribution in [0.3, 0.4) is 0 Å². The Kier molecular flexibility index (Phi) is 5.95. The summed E-state index contributed by atoms with van der Waals surface area (Å²) in [6, 6.07) is 3.72. The third-order valence-electron chi connectivity index (χ3n) is 3.99. The Morgan fingerprint density at radius 2 is 2.09 bits per heavy atom. The number of sulfone groups is 1. The van der Waals surface area contributed by atoms with Gasteiger partial charge >= 0.3 is 0 Å². The topological polar surface area (TPSA) is 91.4 Å². The second-order valence-corrected chi connectivity index (χ2v) is 8.13. The summed E-state index contributed by atoms with van der Waals surface area (Å²) in [4.78, 5) is 18.3. The maximum absolute atomic E-state index is 11.9. The van der Waals surface area contributed by atoms with Crippen molar-refractivity contribution in [3.05, 3.63) is 23.9 Å². The molecule has 0 radical (unpaired) electrons. The summed E-state index contributed by atoms with van der Waals surface area (Å²) in [7, 11) is -1.32.